The van der Waals surface area contributed by atoms with E-state index in [4.69, 9.17) is 6.42 Å². The molecule has 1 aliphatic rings. The van der Waals surface area contributed by atoms with Gasteiger partial charge < -0.3 is 5.11 Å². The van der Waals surface area contributed by atoms with E-state index in [2.05, 4.69) is 19.8 Å². The molecule has 0 bridgehead atoms. The maximum Gasteiger partial charge on any atom is 0.0676 e. The maximum atomic E-state index is 9.88. The fraction of sp³-hybridized carbons (Fsp3) is 0.818. The molecule has 0 aromatic rings. The molecule has 1 nitrogen and oxygen atoms in total. The zero-order valence-corrected chi connectivity index (χ0v) is 10.4. The van der Waals surface area contributed by atoms with E-state index in [9.17, 15) is 5.11 Å². The van der Waals surface area contributed by atoms with E-state index < -0.39 is 0 Å². The highest BCUT2D eigenvalue weighted by atomic mass is 32.2. The average Bonchev–Trinajstić information content (AvgIpc) is 2.18. The summed E-state index contributed by atoms with van der Waals surface area (Å²) in [5, 5.41) is 11.6. The van der Waals surface area contributed by atoms with Gasteiger partial charge in [-0.05, 0) is 6.42 Å². The van der Waals surface area contributed by atoms with Crippen LogP contribution in [0.4, 0.5) is 0 Å². The Bertz CT molecular complexity index is 212. The Morgan fingerprint density at radius 1 is 1.50 bits per heavy atom. The molecule has 3 heteroatoms. The van der Waals surface area contributed by atoms with Crippen LogP contribution in [0.15, 0.2) is 0 Å². The third-order valence-corrected chi connectivity index (χ3v) is 6.12. The molecular weight excluding hydrogens is 212 g/mol. The van der Waals surface area contributed by atoms with Crippen molar-refractivity contribution in [1.82, 2.24) is 0 Å². The minimum atomic E-state index is -0.224. The highest BCUT2D eigenvalue weighted by molar-refractivity contribution is 8.07. The zero-order valence-electron chi connectivity index (χ0n) is 8.77. The molecule has 1 N–H and O–H groups in total. The predicted octanol–water partition coefficient (Wildman–Crippen LogP) is 2.39. The van der Waals surface area contributed by atoms with E-state index in [1.54, 1.807) is 0 Å². The van der Waals surface area contributed by atoms with Crippen LogP contribution in [-0.4, -0.2) is 32.7 Å². The van der Waals surface area contributed by atoms with Crippen LogP contribution in [0.3, 0.4) is 0 Å². The molecule has 1 saturated heterocycles. The van der Waals surface area contributed by atoms with Crippen molar-refractivity contribution >= 4 is 23.5 Å². The molecule has 0 amide bonds. The first-order valence-electron chi connectivity index (χ1n) is 5.03. The van der Waals surface area contributed by atoms with Gasteiger partial charge in [-0.3, -0.25) is 0 Å². The van der Waals surface area contributed by atoms with Gasteiger partial charge >= 0.3 is 0 Å². The molecule has 1 fully saturated rings. The van der Waals surface area contributed by atoms with E-state index in [0.29, 0.717) is 22.2 Å². The van der Waals surface area contributed by atoms with Gasteiger partial charge in [0, 0.05) is 27.9 Å². The Kier molecular flexibility index (Phi) is 5.22. The van der Waals surface area contributed by atoms with Gasteiger partial charge in [-0.2, -0.15) is 23.5 Å². The second-order valence-electron chi connectivity index (χ2n) is 3.73. The van der Waals surface area contributed by atoms with Gasteiger partial charge in [0.15, 0.2) is 0 Å². The highest BCUT2D eigenvalue weighted by Gasteiger charge is 2.29. The first-order chi connectivity index (χ1) is 6.65. The summed E-state index contributed by atoms with van der Waals surface area (Å²) < 4.78 is 0. The molecule has 0 aliphatic carbocycles. The molecule has 4 unspecified atom stereocenters. The molecule has 4 atom stereocenters. The second-order valence-corrected chi connectivity index (χ2v) is 6.76. The van der Waals surface area contributed by atoms with E-state index >= 15 is 0 Å². The Morgan fingerprint density at radius 2 is 2.21 bits per heavy atom. The molecule has 1 heterocycles. The number of thioether (sulfide) groups is 2. The summed E-state index contributed by atoms with van der Waals surface area (Å²) in [5.41, 5.74) is 0. The molecule has 1 rings (SSSR count). The number of hydrogen-bond donors (Lipinski definition) is 1. The smallest absolute Gasteiger partial charge is 0.0676 e. The van der Waals surface area contributed by atoms with Gasteiger partial charge in [-0.15, -0.1) is 12.3 Å². The van der Waals surface area contributed by atoms with Crippen LogP contribution >= 0.6 is 23.5 Å². The number of aliphatic hydroxyl groups is 1. The minimum Gasteiger partial charge on any atom is -0.392 e. The Morgan fingerprint density at radius 3 is 2.79 bits per heavy atom. The first-order valence-corrected chi connectivity index (χ1v) is 7.03. The number of hydrogen-bond acceptors (Lipinski definition) is 3. The van der Waals surface area contributed by atoms with Gasteiger partial charge in [0.05, 0.1) is 6.10 Å². The standard InChI is InChI=1S/C11H18OS2/c1-4-5-6-10(12)11-7-13-8(2)9(3)14-11/h1,8-12H,5-7H2,2-3H3. The highest BCUT2D eigenvalue weighted by Crippen LogP contribution is 2.37. The van der Waals surface area contributed by atoms with Crippen molar-refractivity contribution < 1.29 is 5.11 Å². The van der Waals surface area contributed by atoms with Crippen LogP contribution in [0, 0.1) is 12.3 Å². The zero-order chi connectivity index (χ0) is 10.6. The predicted molar refractivity (Wildman–Crippen MR) is 66.8 cm³/mol. The minimum absolute atomic E-state index is 0.224. The van der Waals surface area contributed by atoms with Gasteiger partial charge in [0.1, 0.15) is 0 Å². The summed E-state index contributed by atoms with van der Waals surface area (Å²) in [5.74, 6) is 3.64. The van der Waals surface area contributed by atoms with Gasteiger partial charge in [-0.25, -0.2) is 0 Å². The van der Waals surface area contributed by atoms with Crippen molar-refractivity contribution in [3.05, 3.63) is 0 Å². The molecule has 0 aromatic heterocycles. The molecule has 0 spiro atoms. The fourth-order valence-corrected chi connectivity index (χ4v) is 4.48. The fourth-order valence-electron chi connectivity index (χ4n) is 1.43. The third-order valence-electron chi connectivity index (χ3n) is 2.59. The average molecular weight is 230 g/mol. The monoisotopic (exact) mass is 230 g/mol. The van der Waals surface area contributed by atoms with Crippen LogP contribution in [0.5, 0.6) is 0 Å². The van der Waals surface area contributed by atoms with Gasteiger partial charge in [0.2, 0.25) is 0 Å². The third kappa shape index (κ3) is 3.42. The quantitative estimate of drug-likeness (QED) is 0.752. The van der Waals surface area contributed by atoms with Crippen LogP contribution in [0.1, 0.15) is 26.7 Å². The van der Waals surface area contributed by atoms with Gasteiger partial charge in [-0.1, -0.05) is 13.8 Å². The van der Waals surface area contributed by atoms with E-state index in [1.165, 1.54) is 0 Å². The van der Waals surface area contributed by atoms with Crippen LogP contribution in [0.25, 0.3) is 0 Å². The number of rotatable bonds is 3. The van der Waals surface area contributed by atoms with Crippen molar-refractivity contribution in [1.29, 1.82) is 0 Å². The Balaban J connectivity index is 2.35. The maximum absolute atomic E-state index is 9.88. The van der Waals surface area contributed by atoms with Crippen molar-refractivity contribution in [3.63, 3.8) is 0 Å². The summed E-state index contributed by atoms with van der Waals surface area (Å²) in [4.78, 5) is 0. The summed E-state index contributed by atoms with van der Waals surface area (Å²) in [6.45, 7) is 4.49. The van der Waals surface area contributed by atoms with Crippen LogP contribution in [0.2, 0.25) is 0 Å². The lowest BCUT2D eigenvalue weighted by Gasteiger charge is -2.33. The first kappa shape index (κ1) is 12.3. The van der Waals surface area contributed by atoms with Crippen molar-refractivity contribution in [3.8, 4) is 12.3 Å². The molecule has 80 valence electrons. The van der Waals surface area contributed by atoms with Crippen molar-refractivity contribution in [2.45, 2.75) is 48.5 Å². The summed E-state index contributed by atoms with van der Waals surface area (Å²) in [6, 6.07) is 0. The largest absolute Gasteiger partial charge is 0.392 e. The second kappa shape index (κ2) is 5.95. The lowest BCUT2D eigenvalue weighted by molar-refractivity contribution is 0.168. The molecule has 0 radical (unpaired) electrons. The molecule has 1 aliphatic heterocycles. The van der Waals surface area contributed by atoms with E-state index in [0.717, 1.165) is 12.2 Å². The van der Waals surface area contributed by atoms with Crippen molar-refractivity contribution in [2.24, 2.45) is 0 Å². The summed E-state index contributed by atoms with van der Waals surface area (Å²) >= 11 is 3.88. The van der Waals surface area contributed by atoms with E-state index in [1.807, 2.05) is 23.5 Å². The van der Waals surface area contributed by atoms with Crippen LogP contribution in [-0.2, 0) is 0 Å². The summed E-state index contributed by atoms with van der Waals surface area (Å²) in [7, 11) is 0. The molecule has 0 aromatic carbocycles. The number of terminal acetylenes is 1. The summed E-state index contributed by atoms with van der Waals surface area (Å²) in [6.07, 6.45) is 6.39. The van der Waals surface area contributed by atoms with E-state index in [-0.39, 0.29) is 6.10 Å². The molecule has 0 saturated carbocycles. The lowest BCUT2D eigenvalue weighted by atomic mass is 10.1. The number of aliphatic hydroxyl groups excluding tert-OH is 1. The van der Waals surface area contributed by atoms with Crippen LogP contribution < -0.4 is 0 Å². The molecule has 14 heavy (non-hydrogen) atoms. The lowest BCUT2D eigenvalue weighted by Crippen LogP contribution is -2.34. The topological polar surface area (TPSA) is 20.2 Å². The SMILES string of the molecule is C#CCCC(O)C1CSC(C)C(C)S1. The Hall–Kier alpha value is 0.220. The van der Waals surface area contributed by atoms with Crippen molar-refractivity contribution in [2.75, 3.05) is 5.75 Å². The molecular formula is C11H18OS2. The Labute approximate surface area is 95.4 Å². The normalized spacial score (nSPS) is 34.9. The van der Waals surface area contributed by atoms with Gasteiger partial charge in [0.25, 0.3) is 0 Å².